The van der Waals surface area contributed by atoms with E-state index >= 15 is 0 Å². The highest BCUT2D eigenvalue weighted by Gasteiger charge is 2.28. The summed E-state index contributed by atoms with van der Waals surface area (Å²) in [5.41, 5.74) is 0.556. The molecule has 30 heavy (non-hydrogen) atoms. The number of carbonyl (C=O) groups excluding carboxylic acids is 2. The average molecular weight is 420 g/mol. The van der Waals surface area contributed by atoms with Crippen LogP contribution in [-0.4, -0.2) is 18.2 Å². The topological polar surface area (TPSA) is 60.4 Å². The van der Waals surface area contributed by atoms with Crippen LogP contribution < -0.4 is 10.6 Å². The molecule has 0 aliphatic heterocycles. The van der Waals surface area contributed by atoms with E-state index in [1.165, 1.54) is 0 Å². The molecule has 0 radical (unpaired) electrons. The van der Waals surface area contributed by atoms with Gasteiger partial charge in [-0.3, -0.25) is 14.2 Å². The van der Waals surface area contributed by atoms with Crippen molar-refractivity contribution in [1.29, 1.82) is 0 Å². The van der Waals surface area contributed by atoms with Gasteiger partial charge in [0, 0.05) is 22.6 Å². The number of Topliss-reactive ketones (excluding diaryl/α,β-unsaturated/α-hetero) is 2. The van der Waals surface area contributed by atoms with E-state index in [0.29, 0.717) is 35.4 Å². The molecule has 0 aliphatic carbocycles. The zero-order valence-electron chi connectivity index (χ0n) is 16.8. The predicted molar refractivity (Wildman–Crippen MR) is 120 cm³/mol. The first-order valence-corrected chi connectivity index (χ1v) is 11.7. The molecule has 4 nitrogen and oxygen atoms in total. The third kappa shape index (κ3) is 5.85. The van der Waals surface area contributed by atoms with Crippen molar-refractivity contribution in [2.45, 2.75) is 25.7 Å². The second kappa shape index (κ2) is 10.8. The Labute approximate surface area is 177 Å². The van der Waals surface area contributed by atoms with E-state index in [0.717, 1.165) is 0 Å². The van der Waals surface area contributed by atoms with Crippen LogP contribution >= 0.6 is 7.37 Å². The minimum Gasteiger partial charge on any atom is -0.322 e. The normalized spacial score (nSPS) is 11.2. The third-order valence-corrected chi connectivity index (χ3v) is 7.27. The van der Waals surface area contributed by atoms with Gasteiger partial charge in [-0.25, -0.2) is 0 Å². The van der Waals surface area contributed by atoms with Crippen LogP contribution in [-0.2, 0) is 13.9 Å². The molecule has 5 heteroatoms. The lowest BCUT2D eigenvalue weighted by Crippen LogP contribution is -2.18. The van der Waals surface area contributed by atoms with Crippen molar-refractivity contribution < 1.29 is 18.7 Å². The Bertz CT molecular complexity index is 958. The summed E-state index contributed by atoms with van der Waals surface area (Å²) < 4.78 is 19.6. The van der Waals surface area contributed by atoms with Crippen LogP contribution in [0.25, 0.3) is 0 Å². The Morgan fingerprint density at radius 3 is 1.73 bits per heavy atom. The molecule has 0 aromatic heterocycles. The smallest absolute Gasteiger partial charge is 0.261 e. The van der Waals surface area contributed by atoms with E-state index in [4.69, 9.17) is 4.52 Å². The molecule has 3 aromatic rings. The molecule has 0 aliphatic rings. The Morgan fingerprint density at radius 1 is 0.700 bits per heavy atom. The third-order valence-electron chi connectivity index (χ3n) is 4.77. The van der Waals surface area contributed by atoms with Crippen molar-refractivity contribution in [3.63, 3.8) is 0 Å². The summed E-state index contributed by atoms with van der Waals surface area (Å²) in [4.78, 5) is 24.2. The summed E-state index contributed by atoms with van der Waals surface area (Å²) in [6.45, 7) is 0.279. The maximum absolute atomic E-state index is 13.7. The summed E-state index contributed by atoms with van der Waals surface area (Å²) in [5.74, 6) is -0.243. The van der Waals surface area contributed by atoms with Gasteiger partial charge in [-0.15, -0.1) is 0 Å². The van der Waals surface area contributed by atoms with E-state index in [1.54, 1.807) is 24.3 Å². The molecular weight excluding hydrogens is 395 g/mol. The molecule has 0 saturated carbocycles. The molecule has 0 N–H and O–H groups in total. The lowest BCUT2D eigenvalue weighted by atomic mass is 10.0. The summed E-state index contributed by atoms with van der Waals surface area (Å²) in [6.07, 6.45) is 1.40. The van der Waals surface area contributed by atoms with Crippen LogP contribution in [0.5, 0.6) is 0 Å². The van der Waals surface area contributed by atoms with Gasteiger partial charge in [0.1, 0.15) is 5.78 Å². The number of hydrogen-bond acceptors (Lipinski definition) is 4. The van der Waals surface area contributed by atoms with E-state index in [-0.39, 0.29) is 24.6 Å². The molecule has 0 heterocycles. The van der Waals surface area contributed by atoms with Crippen LogP contribution in [0, 0.1) is 0 Å². The highest BCUT2D eigenvalue weighted by Crippen LogP contribution is 2.44. The Hall–Kier alpha value is -2.81. The molecule has 0 spiro atoms. The second-order valence-corrected chi connectivity index (χ2v) is 9.41. The predicted octanol–water partition coefficient (Wildman–Crippen LogP) is 4.94. The Morgan fingerprint density at radius 2 is 1.20 bits per heavy atom. The molecule has 154 valence electrons. The average Bonchev–Trinajstić information content (AvgIpc) is 2.80. The van der Waals surface area contributed by atoms with E-state index in [9.17, 15) is 14.2 Å². The van der Waals surface area contributed by atoms with Gasteiger partial charge in [-0.1, -0.05) is 66.7 Å². The van der Waals surface area contributed by atoms with Crippen molar-refractivity contribution in [2.24, 2.45) is 0 Å². The van der Waals surface area contributed by atoms with Crippen LogP contribution in [0.2, 0.25) is 0 Å². The minimum absolute atomic E-state index is 0.0850. The first kappa shape index (κ1) is 21.9. The molecule has 0 fully saturated rings. The fourth-order valence-electron chi connectivity index (χ4n) is 3.16. The number of rotatable bonds is 11. The first-order chi connectivity index (χ1) is 14.6. The number of carbonyl (C=O) groups is 2. The standard InChI is InChI=1S/C25H25O4P/c26-22(20-25(27)21-12-4-1-5-13-21)14-10-11-19-29-30(28,23-15-6-2-7-16-23)24-17-8-3-9-18-24/h1-9,12-13,15-18H,10-11,14,19-20H2. The highest BCUT2D eigenvalue weighted by molar-refractivity contribution is 7.74. The van der Waals surface area contributed by atoms with Crippen molar-refractivity contribution in [2.75, 3.05) is 6.61 Å². The van der Waals surface area contributed by atoms with Crippen LogP contribution in [0.15, 0.2) is 91.0 Å². The number of hydrogen-bond donors (Lipinski definition) is 0. The van der Waals surface area contributed by atoms with Gasteiger partial charge in [0.05, 0.1) is 13.0 Å². The summed E-state index contributed by atoms with van der Waals surface area (Å²) in [6, 6.07) is 27.2. The van der Waals surface area contributed by atoms with Gasteiger partial charge in [0.15, 0.2) is 5.78 Å². The lowest BCUT2D eigenvalue weighted by Gasteiger charge is -2.19. The minimum atomic E-state index is -3.19. The number of benzene rings is 3. The quantitative estimate of drug-likeness (QED) is 0.191. The van der Waals surface area contributed by atoms with Gasteiger partial charge < -0.3 is 4.52 Å². The zero-order valence-corrected chi connectivity index (χ0v) is 17.7. The van der Waals surface area contributed by atoms with E-state index < -0.39 is 7.37 Å². The number of unbranched alkanes of at least 4 members (excludes halogenated alkanes) is 1. The van der Waals surface area contributed by atoms with Crippen molar-refractivity contribution in [3.05, 3.63) is 96.6 Å². The van der Waals surface area contributed by atoms with Crippen LogP contribution in [0.4, 0.5) is 0 Å². The SMILES string of the molecule is O=C(CCCCOP(=O)(c1ccccc1)c1ccccc1)CC(=O)c1ccccc1. The molecule has 3 rings (SSSR count). The molecule has 0 bridgehead atoms. The Kier molecular flexibility index (Phi) is 7.89. The van der Waals surface area contributed by atoms with E-state index in [2.05, 4.69) is 0 Å². The fourth-order valence-corrected chi connectivity index (χ4v) is 5.27. The lowest BCUT2D eigenvalue weighted by molar-refractivity contribution is -0.118. The van der Waals surface area contributed by atoms with Crippen molar-refractivity contribution in [3.8, 4) is 0 Å². The Balaban J connectivity index is 1.51. The molecular formula is C25H25O4P. The number of ketones is 2. The summed E-state index contributed by atoms with van der Waals surface area (Å²) in [5, 5.41) is 1.31. The highest BCUT2D eigenvalue weighted by atomic mass is 31.2. The molecule has 0 saturated heterocycles. The molecule has 3 aromatic carbocycles. The van der Waals surface area contributed by atoms with Crippen molar-refractivity contribution in [1.82, 2.24) is 0 Å². The maximum atomic E-state index is 13.7. The summed E-state index contributed by atoms with van der Waals surface area (Å²) >= 11 is 0. The first-order valence-electron chi connectivity index (χ1n) is 10.1. The van der Waals surface area contributed by atoms with Gasteiger partial charge in [-0.2, -0.15) is 0 Å². The van der Waals surface area contributed by atoms with Crippen LogP contribution in [0.1, 0.15) is 36.0 Å². The zero-order chi connectivity index (χ0) is 21.2. The van der Waals surface area contributed by atoms with E-state index in [1.807, 2.05) is 66.7 Å². The van der Waals surface area contributed by atoms with Crippen molar-refractivity contribution >= 4 is 29.5 Å². The fraction of sp³-hybridized carbons (Fsp3) is 0.200. The van der Waals surface area contributed by atoms with Crippen LogP contribution in [0.3, 0.4) is 0 Å². The molecule has 0 amide bonds. The maximum Gasteiger partial charge on any atom is 0.261 e. The largest absolute Gasteiger partial charge is 0.322 e. The second-order valence-electron chi connectivity index (χ2n) is 7.02. The molecule has 0 unspecified atom stereocenters. The summed E-state index contributed by atoms with van der Waals surface area (Å²) in [7, 11) is -3.19. The van der Waals surface area contributed by atoms with Gasteiger partial charge in [0.25, 0.3) is 7.37 Å². The van der Waals surface area contributed by atoms with Gasteiger partial charge >= 0.3 is 0 Å². The molecule has 0 atom stereocenters. The van der Waals surface area contributed by atoms with Gasteiger partial charge in [0.2, 0.25) is 0 Å². The van der Waals surface area contributed by atoms with Gasteiger partial charge in [-0.05, 0) is 37.1 Å². The monoisotopic (exact) mass is 420 g/mol.